The van der Waals surface area contributed by atoms with Gasteiger partial charge in [0.1, 0.15) is 11.9 Å². The highest BCUT2D eigenvalue weighted by molar-refractivity contribution is 6.32. The van der Waals surface area contributed by atoms with E-state index in [2.05, 4.69) is 21.1 Å². The number of pyridine rings is 1. The number of hydrogen-bond donors (Lipinski definition) is 0. The Kier molecular flexibility index (Phi) is 6.13. The predicted octanol–water partition coefficient (Wildman–Crippen LogP) is 3.25. The first-order chi connectivity index (χ1) is 13.7. The number of aryl methyl sites for hydroxylation is 3. The molecule has 0 spiro atoms. The smallest absolute Gasteiger partial charge is 0.274 e. The highest BCUT2D eigenvalue weighted by Crippen LogP contribution is 2.31. The summed E-state index contributed by atoms with van der Waals surface area (Å²) in [6, 6.07) is 4.08. The highest BCUT2D eigenvalue weighted by atomic mass is 35.5. The molecule has 0 radical (unpaired) electrons. The number of aromatic nitrogens is 3. The molecule has 3 heterocycles. The number of piperidine rings is 1. The molecule has 1 saturated heterocycles. The fourth-order valence-electron chi connectivity index (χ4n) is 3.83. The van der Waals surface area contributed by atoms with Crippen molar-refractivity contribution in [3.63, 3.8) is 0 Å². The number of hydrogen-bond acceptors (Lipinski definition) is 5. The monoisotopic (exact) mass is 414 g/mol. The summed E-state index contributed by atoms with van der Waals surface area (Å²) in [7, 11) is 3.67. The summed E-state index contributed by atoms with van der Waals surface area (Å²) in [4.78, 5) is 21.2. The van der Waals surface area contributed by atoms with Crippen molar-refractivity contribution in [3.8, 4) is 6.07 Å². The van der Waals surface area contributed by atoms with Gasteiger partial charge in [-0.05, 0) is 51.2 Å². The molecule has 0 N–H and O–H groups in total. The SMILES string of the molecule is Cc1nc(N2CCC(CN(C)C(=O)c3cc(C)n(C)n3)CC2)c(C#N)c(C)c1Cl. The number of anilines is 1. The lowest BCUT2D eigenvalue weighted by Crippen LogP contribution is -2.40. The van der Waals surface area contributed by atoms with Gasteiger partial charge in [-0.15, -0.1) is 0 Å². The van der Waals surface area contributed by atoms with E-state index >= 15 is 0 Å². The maximum absolute atomic E-state index is 12.6. The lowest BCUT2D eigenvalue weighted by Gasteiger charge is -2.35. The molecule has 2 aromatic rings. The molecular formula is C21H27ClN6O. The van der Waals surface area contributed by atoms with Crippen molar-refractivity contribution in [2.45, 2.75) is 33.6 Å². The van der Waals surface area contributed by atoms with E-state index in [-0.39, 0.29) is 5.91 Å². The van der Waals surface area contributed by atoms with Crippen molar-refractivity contribution in [1.82, 2.24) is 19.7 Å². The molecule has 0 saturated carbocycles. The second kappa shape index (κ2) is 8.42. The Hall–Kier alpha value is -2.59. The predicted molar refractivity (Wildman–Crippen MR) is 113 cm³/mol. The Balaban J connectivity index is 1.64. The van der Waals surface area contributed by atoms with Gasteiger partial charge in [-0.25, -0.2) is 4.98 Å². The van der Waals surface area contributed by atoms with Crippen LogP contribution in [0.15, 0.2) is 6.07 Å². The number of nitriles is 1. The molecule has 0 atom stereocenters. The van der Waals surface area contributed by atoms with Crippen molar-refractivity contribution < 1.29 is 4.79 Å². The molecule has 0 aliphatic carbocycles. The molecule has 7 nitrogen and oxygen atoms in total. The molecule has 1 aliphatic rings. The third-order valence-electron chi connectivity index (χ3n) is 5.76. The van der Waals surface area contributed by atoms with Crippen LogP contribution in [0.4, 0.5) is 5.82 Å². The van der Waals surface area contributed by atoms with Crippen LogP contribution in [0.3, 0.4) is 0 Å². The summed E-state index contributed by atoms with van der Waals surface area (Å²) in [5, 5.41) is 14.4. The highest BCUT2D eigenvalue weighted by Gasteiger charge is 2.26. The number of carbonyl (C=O) groups is 1. The van der Waals surface area contributed by atoms with Gasteiger partial charge in [0.2, 0.25) is 0 Å². The average molecular weight is 415 g/mol. The Morgan fingerprint density at radius 1 is 1.34 bits per heavy atom. The van der Waals surface area contributed by atoms with Gasteiger partial charge in [-0.2, -0.15) is 10.4 Å². The Morgan fingerprint density at radius 2 is 2.00 bits per heavy atom. The normalized spacial score (nSPS) is 14.7. The van der Waals surface area contributed by atoms with E-state index < -0.39 is 0 Å². The summed E-state index contributed by atoms with van der Waals surface area (Å²) >= 11 is 6.27. The first kappa shape index (κ1) is 21.1. The molecule has 29 heavy (non-hydrogen) atoms. The van der Waals surface area contributed by atoms with Crippen molar-refractivity contribution in [2.75, 3.05) is 31.6 Å². The maximum atomic E-state index is 12.6. The average Bonchev–Trinajstić information content (AvgIpc) is 3.04. The van der Waals surface area contributed by atoms with Crippen molar-refractivity contribution >= 4 is 23.3 Å². The Morgan fingerprint density at radius 3 is 2.55 bits per heavy atom. The zero-order valence-corrected chi connectivity index (χ0v) is 18.4. The number of halogens is 1. The van der Waals surface area contributed by atoms with Crippen LogP contribution in [0.5, 0.6) is 0 Å². The molecule has 0 unspecified atom stereocenters. The van der Waals surface area contributed by atoms with Crippen LogP contribution in [0, 0.1) is 38.0 Å². The number of carbonyl (C=O) groups excluding carboxylic acids is 1. The van der Waals surface area contributed by atoms with Gasteiger partial charge in [0.05, 0.1) is 16.3 Å². The van der Waals surface area contributed by atoms with E-state index in [4.69, 9.17) is 11.6 Å². The van der Waals surface area contributed by atoms with E-state index in [9.17, 15) is 10.1 Å². The van der Waals surface area contributed by atoms with Gasteiger partial charge in [0, 0.05) is 39.4 Å². The molecule has 8 heteroatoms. The largest absolute Gasteiger partial charge is 0.355 e. The minimum Gasteiger partial charge on any atom is -0.355 e. The summed E-state index contributed by atoms with van der Waals surface area (Å²) in [5.74, 6) is 1.08. The van der Waals surface area contributed by atoms with Gasteiger partial charge >= 0.3 is 0 Å². The Labute approximate surface area is 176 Å². The van der Waals surface area contributed by atoms with E-state index in [1.165, 1.54) is 0 Å². The van der Waals surface area contributed by atoms with Gasteiger partial charge in [-0.3, -0.25) is 9.48 Å². The molecule has 1 fully saturated rings. The fourth-order valence-corrected chi connectivity index (χ4v) is 3.97. The van der Waals surface area contributed by atoms with Crippen LogP contribution in [0.1, 0.15) is 45.8 Å². The van der Waals surface area contributed by atoms with E-state index in [0.717, 1.165) is 48.7 Å². The summed E-state index contributed by atoms with van der Waals surface area (Å²) < 4.78 is 1.72. The lowest BCUT2D eigenvalue weighted by molar-refractivity contribution is 0.0758. The van der Waals surface area contributed by atoms with Crippen LogP contribution in [0.2, 0.25) is 5.02 Å². The van der Waals surface area contributed by atoms with E-state index in [1.807, 2.05) is 40.9 Å². The minimum absolute atomic E-state index is 0.0477. The quantitative estimate of drug-likeness (QED) is 0.767. The second-order valence-electron chi connectivity index (χ2n) is 7.86. The molecule has 154 valence electrons. The summed E-state index contributed by atoms with van der Waals surface area (Å²) in [5.41, 5.74) is 3.53. The number of nitrogens with zero attached hydrogens (tertiary/aromatic N) is 6. The summed E-state index contributed by atoms with van der Waals surface area (Å²) in [6.45, 7) is 7.97. The summed E-state index contributed by atoms with van der Waals surface area (Å²) in [6.07, 6.45) is 1.87. The van der Waals surface area contributed by atoms with Gasteiger partial charge in [0.25, 0.3) is 5.91 Å². The zero-order valence-electron chi connectivity index (χ0n) is 17.7. The lowest BCUT2D eigenvalue weighted by atomic mass is 9.95. The molecule has 3 rings (SSSR count). The molecule has 0 aromatic carbocycles. The molecule has 1 amide bonds. The minimum atomic E-state index is -0.0477. The Bertz CT molecular complexity index is 949. The van der Waals surface area contributed by atoms with Crippen LogP contribution < -0.4 is 4.90 Å². The first-order valence-electron chi connectivity index (χ1n) is 9.80. The second-order valence-corrected chi connectivity index (χ2v) is 8.24. The van der Waals surface area contributed by atoms with Crippen molar-refractivity contribution in [3.05, 3.63) is 39.3 Å². The fraction of sp³-hybridized carbons (Fsp3) is 0.524. The first-order valence-corrected chi connectivity index (χ1v) is 10.2. The molecule has 0 bridgehead atoms. The van der Waals surface area contributed by atoms with Crippen LogP contribution in [-0.2, 0) is 7.05 Å². The molecular weight excluding hydrogens is 388 g/mol. The van der Waals surface area contributed by atoms with Crippen molar-refractivity contribution in [2.24, 2.45) is 13.0 Å². The third-order valence-corrected chi connectivity index (χ3v) is 6.31. The van der Waals surface area contributed by atoms with Crippen molar-refractivity contribution in [1.29, 1.82) is 5.26 Å². The maximum Gasteiger partial charge on any atom is 0.274 e. The van der Waals surface area contributed by atoms with Crippen LogP contribution >= 0.6 is 11.6 Å². The molecule has 1 aliphatic heterocycles. The third kappa shape index (κ3) is 4.23. The molecule has 2 aromatic heterocycles. The van der Waals surface area contributed by atoms with Crippen LogP contribution in [0.25, 0.3) is 0 Å². The standard InChI is InChI=1S/C21H27ClN6O/c1-13-10-18(25-27(13)5)21(29)26(4)12-16-6-8-28(9-7-16)20-17(11-23)14(2)19(22)15(3)24-20/h10,16H,6-9,12H2,1-5H3. The van der Waals surface area contributed by atoms with Gasteiger partial charge < -0.3 is 9.80 Å². The van der Waals surface area contributed by atoms with E-state index in [0.29, 0.717) is 28.7 Å². The zero-order chi connectivity index (χ0) is 21.3. The number of amides is 1. The topological polar surface area (TPSA) is 78.1 Å². The van der Waals surface area contributed by atoms with Crippen LogP contribution in [-0.4, -0.2) is 52.3 Å². The van der Waals surface area contributed by atoms with Gasteiger partial charge in [-0.1, -0.05) is 11.6 Å². The van der Waals surface area contributed by atoms with E-state index in [1.54, 1.807) is 9.58 Å². The van der Waals surface area contributed by atoms with Gasteiger partial charge in [0.15, 0.2) is 5.69 Å². The number of rotatable bonds is 4.